The quantitative estimate of drug-likeness (QED) is 0.0382. The Morgan fingerprint density at radius 2 is 1.49 bits per heavy atom. The molecule has 0 bridgehead atoms. The van der Waals surface area contributed by atoms with Crippen LogP contribution in [-0.2, 0) is 32.7 Å². The summed E-state index contributed by atoms with van der Waals surface area (Å²) in [4.78, 5) is 45.6. The third-order valence-corrected chi connectivity index (χ3v) is 10.3. The van der Waals surface area contributed by atoms with E-state index in [0.717, 1.165) is 57.5 Å². The SMILES string of the molecule is CC(=O)OCC(COP(=O)(O)OCCNCCCCCCNCCCCCC1SC[C@@H]2NC(=O)N[C@H]12)OC(C)=O.CCN(CC)CC. The van der Waals surface area contributed by atoms with E-state index in [9.17, 15) is 23.8 Å². The van der Waals surface area contributed by atoms with Gasteiger partial charge in [0.25, 0.3) is 0 Å². The van der Waals surface area contributed by atoms with Crippen molar-refractivity contribution in [1.82, 2.24) is 26.2 Å². The van der Waals surface area contributed by atoms with E-state index >= 15 is 0 Å². The summed E-state index contributed by atoms with van der Waals surface area (Å²) in [5.41, 5.74) is 0. The molecule has 16 heteroatoms. The number of phosphoric ester groups is 1. The van der Waals surface area contributed by atoms with E-state index in [1.165, 1.54) is 52.7 Å². The number of nitrogens with one attached hydrogen (secondary N) is 4. The number of hydrogen-bond acceptors (Lipinski definition) is 12. The van der Waals surface area contributed by atoms with Gasteiger partial charge in [0.05, 0.1) is 25.3 Å². The second kappa shape index (κ2) is 26.4. The summed E-state index contributed by atoms with van der Waals surface area (Å²) in [6, 6.07) is 0.598. The number of carbonyl (C=O) groups is 3. The number of rotatable bonds is 26. The Kier molecular flexibility index (Phi) is 24.5. The van der Waals surface area contributed by atoms with E-state index in [2.05, 4.69) is 46.9 Å². The van der Waals surface area contributed by atoms with Crippen LogP contribution in [0.25, 0.3) is 0 Å². The Morgan fingerprint density at radius 3 is 2.04 bits per heavy atom. The molecule has 2 rings (SSSR count). The van der Waals surface area contributed by atoms with E-state index in [1.807, 2.05) is 11.8 Å². The summed E-state index contributed by atoms with van der Waals surface area (Å²) >= 11 is 1.98. The number of carbonyl (C=O) groups excluding carboxylic acids is 3. The predicted molar refractivity (Wildman–Crippen MR) is 186 cm³/mol. The van der Waals surface area contributed by atoms with Gasteiger partial charge in [0.15, 0.2) is 6.10 Å². The summed E-state index contributed by atoms with van der Waals surface area (Å²) in [5.74, 6) is -0.181. The normalized spacial score (nSPS) is 20.4. The summed E-state index contributed by atoms with van der Waals surface area (Å²) in [7, 11) is -4.33. The van der Waals surface area contributed by atoms with E-state index in [4.69, 9.17) is 18.5 Å². The Hall–Kier alpha value is -1.45. The van der Waals surface area contributed by atoms with E-state index in [1.54, 1.807) is 0 Å². The van der Waals surface area contributed by atoms with Gasteiger partial charge in [0, 0.05) is 31.4 Å². The molecule has 276 valence electrons. The summed E-state index contributed by atoms with van der Waals surface area (Å²) in [6.07, 6.45) is 8.13. The van der Waals surface area contributed by atoms with Gasteiger partial charge in [-0.15, -0.1) is 0 Å². The fourth-order valence-corrected chi connectivity index (χ4v) is 7.49. The molecule has 3 unspecified atom stereocenters. The monoisotopic (exact) mass is 711 g/mol. The third-order valence-electron chi connectivity index (χ3n) is 7.84. The van der Waals surface area contributed by atoms with Crippen LogP contribution in [0.1, 0.15) is 86.0 Å². The standard InChI is InChI=1S/C25H47N4O9PS.C6H15N/c1-19(30)35-16-21(38-20(2)31)17-37-39(33,34)36-15-14-27-13-8-4-3-7-11-26-12-9-5-6-10-23-24-22(18-40-23)28-25(32)29-24;1-4-7(5-2)6-3/h21-24,26-27H,3-18H2,1-2H3,(H,33,34)(H2,28,29,32);4-6H2,1-3H3/t21?,22-,23?,24-;/m0./s1. The maximum Gasteiger partial charge on any atom is 0.472 e. The molecule has 0 spiro atoms. The molecule has 2 aliphatic heterocycles. The third kappa shape index (κ3) is 22.0. The number of unbranched alkanes of at least 4 members (excludes halogenated alkanes) is 5. The van der Waals surface area contributed by atoms with Gasteiger partial charge < -0.3 is 40.5 Å². The van der Waals surface area contributed by atoms with Crippen LogP contribution in [0.15, 0.2) is 0 Å². The van der Waals surface area contributed by atoms with Gasteiger partial charge in [-0.25, -0.2) is 9.36 Å². The lowest BCUT2D eigenvalue weighted by atomic mass is 10.0. The highest BCUT2D eigenvalue weighted by Gasteiger charge is 2.42. The summed E-state index contributed by atoms with van der Waals surface area (Å²) in [5, 5.41) is 13.3. The number of phosphoric acid groups is 1. The van der Waals surface area contributed by atoms with Crippen molar-refractivity contribution in [2.75, 3.05) is 71.4 Å². The zero-order valence-electron chi connectivity index (χ0n) is 29.3. The molecule has 0 aromatic heterocycles. The molecule has 5 atom stereocenters. The van der Waals surface area contributed by atoms with Crippen molar-refractivity contribution >= 4 is 37.6 Å². The molecule has 5 N–H and O–H groups in total. The number of fused-ring (bicyclic) bond motifs is 1. The molecule has 0 radical (unpaired) electrons. The van der Waals surface area contributed by atoms with E-state index in [-0.39, 0.29) is 19.2 Å². The number of amides is 2. The number of thioether (sulfide) groups is 1. The Balaban J connectivity index is 0.00000141. The van der Waals surface area contributed by atoms with Gasteiger partial charge in [-0.1, -0.05) is 46.5 Å². The Labute approximate surface area is 286 Å². The lowest BCUT2D eigenvalue weighted by molar-refractivity contribution is -0.158. The summed E-state index contributed by atoms with van der Waals surface area (Å²) < 4.78 is 31.4. The summed E-state index contributed by atoms with van der Waals surface area (Å²) in [6.45, 7) is 15.0. The highest BCUT2D eigenvalue weighted by molar-refractivity contribution is 8.00. The van der Waals surface area contributed by atoms with Crippen LogP contribution in [0, 0.1) is 0 Å². The van der Waals surface area contributed by atoms with Crippen molar-refractivity contribution < 1.29 is 42.4 Å². The Bertz CT molecular complexity index is 913. The van der Waals surface area contributed by atoms with Gasteiger partial charge in [-0.3, -0.25) is 18.6 Å². The van der Waals surface area contributed by atoms with E-state index in [0.29, 0.717) is 23.9 Å². The van der Waals surface area contributed by atoms with Gasteiger partial charge in [-0.2, -0.15) is 11.8 Å². The average Bonchev–Trinajstić information content (AvgIpc) is 3.58. The van der Waals surface area contributed by atoms with Crippen molar-refractivity contribution in [3.63, 3.8) is 0 Å². The van der Waals surface area contributed by atoms with Crippen molar-refractivity contribution in [2.45, 2.75) is 109 Å². The first-order chi connectivity index (χ1) is 22.5. The fourth-order valence-electron chi connectivity index (χ4n) is 5.20. The molecule has 2 aliphatic rings. The fraction of sp³-hybridized carbons (Fsp3) is 0.903. The maximum absolute atomic E-state index is 12.0. The average molecular weight is 712 g/mol. The number of hydrogen-bond donors (Lipinski definition) is 5. The Morgan fingerprint density at radius 1 is 0.894 bits per heavy atom. The van der Waals surface area contributed by atoms with Gasteiger partial charge in [0.1, 0.15) is 6.61 Å². The maximum atomic E-state index is 12.0. The largest absolute Gasteiger partial charge is 0.472 e. The molecule has 0 aromatic rings. The molecule has 2 fully saturated rings. The predicted octanol–water partition coefficient (Wildman–Crippen LogP) is 3.43. The molecular formula is C31H62N5O9PS. The van der Waals surface area contributed by atoms with Crippen LogP contribution in [0.4, 0.5) is 4.79 Å². The second-order valence-corrected chi connectivity index (χ2v) is 14.4. The van der Waals surface area contributed by atoms with Crippen molar-refractivity contribution in [3.05, 3.63) is 0 Å². The first kappa shape index (κ1) is 43.6. The van der Waals surface area contributed by atoms with Crippen molar-refractivity contribution in [1.29, 1.82) is 0 Å². The molecule has 47 heavy (non-hydrogen) atoms. The molecule has 0 aliphatic carbocycles. The smallest absolute Gasteiger partial charge is 0.462 e. The topological polar surface area (TPSA) is 177 Å². The van der Waals surface area contributed by atoms with Crippen LogP contribution in [0.3, 0.4) is 0 Å². The van der Waals surface area contributed by atoms with Crippen molar-refractivity contribution in [3.8, 4) is 0 Å². The minimum Gasteiger partial charge on any atom is -0.462 e. The zero-order valence-corrected chi connectivity index (χ0v) is 31.0. The van der Waals surface area contributed by atoms with Crippen LogP contribution >= 0.6 is 19.6 Å². The second-order valence-electron chi connectivity index (χ2n) is 11.6. The van der Waals surface area contributed by atoms with Crippen LogP contribution < -0.4 is 21.3 Å². The number of ether oxygens (including phenoxy) is 2. The minimum atomic E-state index is -4.33. The lowest BCUT2D eigenvalue weighted by Crippen LogP contribution is -2.36. The number of urea groups is 1. The molecular weight excluding hydrogens is 649 g/mol. The molecule has 14 nitrogen and oxygen atoms in total. The van der Waals surface area contributed by atoms with E-state index < -0.39 is 32.5 Å². The zero-order chi connectivity index (χ0) is 34.9. The molecule has 2 amide bonds. The first-order valence-electron chi connectivity index (χ1n) is 17.3. The highest BCUT2D eigenvalue weighted by Crippen LogP contribution is 2.43. The molecule has 0 saturated carbocycles. The lowest BCUT2D eigenvalue weighted by Gasteiger charge is -2.18. The van der Waals surface area contributed by atoms with Gasteiger partial charge in [-0.05, 0) is 65.0 Å². The van der Waals surface area contributed by atoms with Crippen LogP contribution in [-0.4, -0.2) is 123 Å². The minimum absolute atomic E-state index is 0.0157. The molecule has 2 heterocycles. The van der Waals surface area contributed by atoms with Crippen LogP contribution in [0.5, 0.6) is 0 Å². The van der Waals surface area contributed by atoms with Crippen molar-refractivity contribution in [2.24, 2.45) is 0 Å². The highest BCUT2D eigenvalue weighted by atomic mass is 32.2. The van der Waals surface area contributed by atoms with Gasteiger partial charge in [0.2, 0.25) is 0 Å². The van der Waals surface area contributed by atoms with Gasteiger partial charge >= 0.3 is 25.8 Å². The number of nitrogens with zero attached hydrogens (tertiary/aromatic N) is 1. The molecule has 2 saturated heterocycles. The number of esters is 2. The van der Waals surface area contributed by atoms with Crippen LogP contribution in [0.2, 0.25) is 0 Å². The first-order valence-corrected chi connectivity index (χ1v) is 19.8. The molecule has 0 aromatic carbocycles.